The zero-order chi connectivity index (χ0) is 18.3. The van der Waals surface area contributed by atoms with Gasteiger partial charge < -0.3 is 24.9 Å². The number of thioether (sulfide) groups is 1. The quantitative estimate of drug-likeness (QED) is 0.135. The van der Waals surface area contributed by atoms with E-state index in [4.69, 9.17) is 14.3 Å². The lowest BCUT2D eigenvalue weighted by molar-refractivity contribution is 0.0977. The van der Waals surface area contributed by atoms with Gasteiger partial charge in [-0.05, 0) is 24.3 Å². The summed E-state index contributed by atoms with van der Waals surface area (Å²) in [5, 5.41) is 15.4. The molecule has 8 heteroatoms. The van der Waals surface area contributed by atoms with Crippen molar-refractivity contribution in [1.29, 1.82) is 0 Å². The Bertz CT molecular complexity index is 612. The molecule has 3 N–H and O–H groups in total. The number of aliphatic hydroxyl groups excluding tert-OH is 1. The van der Waals surface area contributed by atoms with Gasteiger partial charge >= 0.3 is 0 Å². The first-order chi connectivity index (χ1) is 12.9. The van der Waals surface area contributed by atoms with Crippen LogP contribution in [0.5, 0.6) is 0 Å². The molecule has 150 valence electrons. The third-order valence-corrected chi connectivity index (χ3v) is 4.41. The lowest BCUT2D eigenvalue weighted by Gasteiger charge is -2.12. The molecule has 2 rings (SSSR count). The molecule has 0 spiro atoms. The zero-order valence-electron chi connectivity index (χ0n) is 15.3. The van der Waals surface area contributed by atoms with E-state index >= 15 is 0 Å². The van der Waals surface area contributed by atoms with Gasteiger partial charge in [-0.25, -0.2) is 0 Å². The third-order valence-electron chi connectivity index (χ3n) is 3.39. The molecule has 0 unspecified atom stereocenters. The van der Waals surface area contributed by atoms with Crippen molar-refractivity contribution in [2.24, 2.45) is 4.99 Å². The SMILES string of the molecule is I.OCCOCCN=C(NCCSc1ccccc1)NCCc1ccco1. The van der Waals surface area contributed by atoms with Crippen LogP contribution >= 0.6 is 35.7 Å². The van der Waals surface area contributed by atoms with E-state index in [9.17, 15) is 0 Å². The molecule has 1 aromatic heterocycles. The lowest BCUT2D eigenvalue weighted by Crippen LogP contribution is -2.39. The first kappa shape index (κ1) is 23.8. The van der Waals surface area contributed by atoms with Crippen LogP contribution < -0.4 is 10.6 Å². The van der Waals surface area contributed by atoms with E-state index in [1.165, 1.54) is 4.90 Å². The first-order valence-corrected chi connectivity index (χ1v) is 9.78. The van der Waals surface area contributed by atoms with Crippen molar-refractivity contribution >= 4 is 41.7 Å². The fourth-order valence-electron chi connectivity index (χ4n) is 2.18. The number of furan rings is 1. The summed E-state index contributed by atoms with van der Waals surface area (Å²) in [6.07, 6.45) is 2.48. The zero-order valence-corrected chi connectivity index (χ0v) is 18.4. The van der Waals surface area contributed by atoms with Crippen LogP contribution in [0.25, 0.3) is 0 Å². The lowest BCUT2D eigenvalue weighted by atomic mass is 10.3. The van der Waals surface area contributed by atoms with E-state index < -0.39 is 0 Å². The van der Waals surface area contributed by atoms with Gasteiger partial charge in [0.1, 0.15) is 5.76 Å². The van der Waals surface area contributed by atoms with Crippen LogP contribution in [0.2, 0.25) is 0 Å². The fourth-order valence-corrected chi connectivity index (χ4v) is 2.97. The second-order valence-electron chi connectivity index (χ2n) is 5.41. The van der Waals surface area contributed by atoms with Crippen LogP contribution in [0.1, 0.15) is 5.76 Å². The molecule has 0 bridgehead atoms. The Morgan fingerprint density at radius 3 is 2.63 bits per heavy atom. The van der Waals surface area contributed by atoms with Gasteiger partial charge in [-0.2, -0.15) is 0 Å². The van der Waals surface area contributed by atoms with Gasteiger partial charge in [-0.1, -0.05) is 18.2 Å². The molecule has 2 aromatic rings. The van der Waals surface area contributed by atoms with Crippen molar-refractivity contribution in [3.05, 3.63) is 54.5 Å². The number of benzene rings is 1. The topological polar surface area (TPSA) is 79.0 Å². The minimum absolute atomic E-state index is 0. The molecule has 0 atom stereocenters. The molecular formula is C19H28IN3O3S. The van der Waals surface area contributed by atoms with Gasteiger partial charge in [-0.3, -0.25) is 4.99 Å². The number of nitrogens with zero attached hydrogens (tertiary/aromatic N) is 1. The van der Waals surface area contributed by atoms with E-state index in [1.807, 2.05) is 30.3 Å². The van der Waals surface area contributed by atoms with Crippen molar-refractivity contribution in [1.82, 2.24) is 10.6 Å². The number of hydrogen-bond donors (Lipinski definition) is 3. The van der Waals surface area contributed by atoms with Gasteiger partial charge in [0, 0.05) is 30.2 Å². The molecule has 0 saturated carbocycles. The maximum Gasteiger partial charge on any atom is 0.191 e. The number of ether oxygens (including phenoxy) is 1. The summed E-state index contributed by atoms with van der Waals surface area (Å²) < 4.78 is 10.6. The largest absolute Gasteiger partial charge is 0.469 e. The smallest absolute Gasteiger partial charge is 0.191 e. The van der Waals surface area contributed by atoms with Gasteiger partial charge in [0.25, 0.3) is 0 Å². The Kier molecular flexibility index (Phi) is 13.9. The highest BCUT2D eigenvalue weighted by Gasteiger charge is 2.01. The minimum Gasteiger partial charge on any atom is -0.469 e. The van der Waals surface area contributed by atoms with Gasteiger partial charge in [0.05, 0.1) is 32.6 Å². The van der Waals surface area contributed by atoms with Crippen LogP contribution in [0.4, 0.5) is 0 Å². The number of hydrogen-bond acceptors (Lipinski definition) is 5. The van der Waals surface area contributed by atoms with Crippen molar-refractivity contribution in [2.45, 2.75) is 11.3 Å². The molecule has 27 heavy (non-hydrogen) atoms. The second kappa shape index (κ2) is 15.8. The van der Waals surface area contributed by atoms with E-state index in [-0.39, 0.29) is 30.6 Å². The average molecular weight is 505 g/mol. The predicted molar refractivity (Wildman–Crippen MR) is 121 cm³/mol. The third kappa shape index (κ3) is 11.3. The van der Waals surface area contributed by atoms with Crippen LogP contribution in [-0.4, -0.2) is 56.3 Å². The predicted octanol–water partition coefficient (Wildman–Crippen LogP) is 2.78. The van der Waals surface area contributed by atoms with Crippen molar-refractivity contribution < 1.29 is 14.3 Å². The van der Waals surface area contributed by atoms with Gasteiger partial charge in [0.15, 0.2) is 5.96 Å². The van der Waals surface area contributed by atoms with Crippen LogP contribution in [0, 0.1) is 0 Å². The minimum atomic E-state index is 0. The molecule has 0 aliphatic heterocycles. The molecule has 0 amide bonds. The van der Waals surface area contributed by atoms with Crippen molar-refractivity contribution in [3.8, 4) is 0 Å². The maximum atomic E-state index is 8.72. The molecule has 1 heterocycles. The number of guanidine groups is 1. The standard InChI is InChI=1S/C19H27N3O3S.HI/c23-12-15-24-14-10-21-19(20-9-8-17-5-4-13-25-17)22-11-16-26-18-6-2-1-3-7-18;/h1-7,13,23H,8-12,14-16H2,(H2,20,21,22);1H. The monoisotopic (exact) mass is 505 g/mol. The summed E-state index contributed by atoms with van der Waals surface area (Å²) in [4.78, 5) is 5.77. The van der Waals surface area contributed by atoms with E-state index in [0.29, 0.717) is 19.8 Å². The summed E-state index contributed by atoms with van der Waals surface area (Å²) in [6.45, 7) is 2.96. The number of aliphatic imine (C=N–C) groups is 1. The summed E-state index contributed by atoms with van der Waals surface area (Å²) in [7, 11) is 0. The molecule has 0 radical (unpaired) electrons. The Balaban J connectivity index is 0.00000364. The molecular weight excluding hydrogens is 477 g/mol. The summed E-state index contributed by atoms with van der Waals surface area (Å²) in [5.74, 6) is 2.66. The van der Waals surface area contributed by atoms with Crippen molar-refractivity contribution in [2.75, 3.05) is 45.2 Å². The first-order valence-electron chi connectivity index (χ1n) is 8.79. The number of halogens is 1. The van der Waals surface area contributed by atoms with E-state index in [2.05, 4.69) is 27.8 Å². The summed E-state index contributed by atoms with van der Waals surface area (Å²) in [5.41, 5.74) is 0. The molecule has 1 aromatic carbocycles. The van der Waals surface area contributed by atoms with E-state index in [0.717, 1.165) is 37.0 Å². The Morgan fingerprint density at radius 1 is 1.07 bits per heavy atom. The Morgan fingerprint density at radius 2 is 1.89 bits per heavy atom. The molecule has 0 fully saturated rings. The van der Waals surface area contributed by atoms with Gasteiger partial charge in [-0.15, -0.1) is 35.7 Å². The number of nitrogens with one attached hydrogen (secondary N) is 2. The maximum absolute atomic E-state index is 8.72. The van der Waals surface area contributed by atoms with Crippen LogP contribution in [-0.2, 0) is 11.2 Å². The fraction of sp³-hybridized carbons (Fsp3) is 0.421. The number of aliphatic hydroxyl groups is 1. The van der Waals surface area contributed by atoms with Crippen LogP contribution in [0.15, 0.2) is 63.0 Å². The molecule has 0 saturated heterocycles. The summed E-state index contributed by atoms with van der Waals surface area (Å²) in [6, 6.07) is 14.2. The molecule has 0 aliphatic carbocycles. The van der Waals surface area contributed by atoms with Gasteiger partial charge in [0.2, 0.25) is 0 Å². The summed E-state index contributed by atoms with van der Waals surface area (Å²) >= 11 is 1.81. The normalized spacial score (nSPS) is 11.1. The highest BCUT2D eigenvalue weighted by atomic mass is 127. The van der Waals surface area contributed by atoms with Crippen molar-refractivity contribution in [3.63, 3.8) is 0 Å². The van der Waals surface area contributed by atoms with Crippen LogP contribution in [0.3, 0.4) is 0 Å². The highest BCUT2D eigenvalue weighted by molar-refractivity contribution is 14.0. The second-order valence-corrected chi connectivity index (χ2v) is 6.58. The Labute approximate surface area is 182 Å². The number of rotatable bonds is 12. The highest BCUT2D eigenvalue weighted by Crippen LogP contribution is 2.15. The Hall–Kier alpha value is -1.23. The molecule has 0 aliphatic rings. The average Bonchev–Trinajstić information content (AvgIpc) is 3.19. The van der Waals surface area contributed by atoms with E-state index in [1.54, 1.807) is 18.0 Å². The molecule has 6 nitrogen and oxygen atoms in total.